The van der Waals surface area contributed by atoms with Crippen molar-refractivity contribution >= 4 is 5.91 Å². The molecular weight excluding hydrogens is 270 g/mol. The Hall–Kier alpha value is -0.530. The van der Waals surface area contributed by atoms with E-state index in [2.05, 4.69) is 25.7 Å². The minimum Gasteiger partial charge on any atom is -0.342 e. The summed E-state index contributed by atoms with van der Waals surface area (Å²) < 4.78 is 0. The van der Waals surface area contributed by atoms with E-state index < -0.39 is 0 Å². The molecule has 1 aliphatic heterocycles. The zero-order valence-corrected chi connectivity index (χ0v) is 16.0. The van der Waals surface area contributed by atoms with E-state index in [9.17, 15) is 4.79 Å². The van der Waals surface area contributed by atoms with Crippen molar-refractivity contribution in [2.75, 3.05) is 13.1 Å². The highest BCUT2D eigenvalue weighted by molar-refractivity contribution is 5.81. The van der Waals surface area contributed by atoms with Gasteiger partial charge >= 0.3 is 0 Å². The summed E-state index contributed by atoms with van der Waals surface area (Å²) in [5.74, 6) is 1.21. The fourth-order valence-corrected chi connectivity index (χ4v) is 3.65. The number of amides is 1. The average Bonchev–Trinajstić information content (AvgIpc) is 2.40. The van der Waals surface area contributed by atoms with E-state index in [-0.39, 0.29) is 5.41 Å². The van der Waals surface area contributed by atoms with Crippen LogP contribution >= 0.6 is 0 Å². The number of carbonyl (C=O) groups is 1. The predicted molar refractivity (Wildman–Crippen MR) is 95.9 cm³/mol. The summed E-state index contributed by atoms with van der Waals surface area (Å²) in [6, 6.07) is 0. The van der Waals surface area contributed by atoms with Gasteiger partial charge in [-0.05, 0) is 30.6 Å². The molecule has 1 saturated heterocycles. The smallest absolute Gasteiger partial charge is 0.227 e. The lowest BCUT2D eigenvalue weighted by Crippen LogP contribution is -2.40. The van der Waals surface area contributed by atoms with E-state index in [0.717, 1.165) is 19.0 Å². The van der Waals surface area contributed by atoms with Gasteiger partial charge in [0.25, 0.3) is 0 Å². The standard InChI is InChI=1S/C20H39NO/c1-19(2,3)16-17-12-8-7-10-14-21(15-11-9-13-17)18(22)20(4,5)6/h17H,7-16H2,1-6H3. The molecule has 0 aromatic heterocycles. The summed E-state index contributed by atoms with van der Waals surface area (Å²) in [7, 11) is 0. The highest BCUT2D eigenvalue weighted by Crippen LogP contribution is 2.31. The molecule has 0 aromatic carbocycles. The van der Waals surface area contributed by atoms with Crippen LogP contribution in [-0.2, 0) is 4.79 Å². The molecule has 1 amide bonds. The minimum atomic E-state index is -0.241. The Balaban J connectivity index is 2.56. The third-order valence-corrected chi connectivity index (χ3v) is 4.66. The van der Waals surface area contributed by atoms with Crippen LogP contribution in [-0.4, -0.2) is 23.9 Å². The maximum absolute atomic E-state index is 12.5. The van der Waals surface area contributed by atoms with Crippen LogP contribution in [0.1, 0.15) is 92.9 Å². The Kier molecular flexibility index (Phi) is 7.41. The fraction of sp³-hybridized carbons (Fsp3) is 0.950. The van der Waals surface area contributed by atoms with E-state index in [0.29, 0.717) is 11.3 Å². The molecule has 1 heterocycles. The Morgan fingerprint density at radius 2 is 1.36 bits per heavy atom. The molecule has 1 rings (SSSR count). The van der Waals surface area contributed by atoms with Gasteiger partial charge in [-0.1, -0.05) is 73.6 Å². The first-order valence-corrected chi connectivity index (χ1v) is 9.39. The van der Waals surface area contributed by atoms with Crippen LogP contribution in [0.25, 0.3) is 0 Å². The molecule has 0 radical (unpaired) electrons. The SMILES string of the molecule is CC(C)(C)CC1CCCCCN(C(=O)C(C)(C)C)CCCC1. The molecule has 1 atom stereocenters. The van der Waals surface area contributed by atoms with E-state index in [1.165, 1.54) is 51.4 Å². The monoisotopic (exact) mass is 309 g/mol. The van der Waals surface area contributed by atoms with Crippen molar-refractivity contribution in [3.05, 3.63) is 0 Å². The van der Waals surface area contributed by atoms with Gasteiger partial charge in [-0.15, -0.1) is 0 Å². The molecule has 2 heteroatoms. The highest BCUT2D eigenvalue weighted by atomic mass is 16.2. The van der Waals surface area contributed by atoms with Crippen LogP contribution in [0.15, 0.2) is 0 Å². The number of carbonyl (C=O) groups excluding carboxylic acids is 1. The summed E-state index contributed by atoms with van der Waals surface area (Å²) in [6.45, 7) is 15.1. The van der Waals surface area contributed by atoms with Gasteiger partial charge in [0.2, 0.25) is 5.91 Å². The van der Waals surface area contributed by atoms with Gasteiger partial charge in [-0.2, -0.15) is 0 Å². The van der Waals surface area contributed by atoms with Gasteiger partial charge < -0.3 is 4.90 Å². The van der Waals surface area contributed by atoms with Crippen molar-refractivity contribution in [2.24, 2.45) is 16.7 Å². The van der Waals surface area contributed by atoms with Crippen molar-refractivity contribution in [3.8, 4) is 0 Å². The Morgan fingerprint density at radius 3 is 1.86 bits per heavy atom. The molecule has 0 N–H and O–H groups in total. The molecule has 22 heavy (non-hydrogen) atoms. The molecule has 1 fully saturated rings. The third-order valence-electron chi connectivity index (χ3n) is 4.66. The van der Waals surface area contributed by atoms with Crippen LogP contribution in [0.2, 0.25) is 0 Å². The molecule has 0 spiro atoms. The molecule has 2 nitrogen and oxygen atoms in total. The summed E-state index contributed by atoms with van der Waals surface area (Å²) in [6.07, 6.45) is 10.3. The number of hydrogen-bond acceptors (Lipinski definition) is 1. The first-order valence-electron chi connectivity index (χ1n) is 9.39. The van der Waals surface area contributed by atoms with Crippen molar-refractivity contribution in [2.45, 2.75) is 92.9 Å². The molecule has 0 aromatic rings. The zero-order valence-electron chi connectivity index (χ0n) is 16.0. The van der Waals surface area contributed by atoms with Gasteiger partial charge in [0.05, 0.1) is 0 Å². The second kappa shape index (κ2) is 8.36. The van der Waals surface area contributed by atoms with E-state index in [4.69, 9.17) is 0 Å². The molecule has 130 valence electrons. The highest BCUT2D eigenvalue weighted by Gasteiger charge is 2.27. The summed E-state index contributed by atoms with van der Waals surface area (Å²) in [4.78, 5) is 14.7. The summed E-state index contributed by atoms with van der Waals surface area (Å²) in [5, 5.41) is 0. The zero-order chi connectivity index (χ0) is 16.8. The Bertz CT molecular complexity index is 335. The second-order valence-electron chi connectivity index (χ2n) is 9.52. The maximum atomic E-state index is 12.5. The lowest BCUT2D eigenvalue weighted by Gasteiger charge is -2.29. The summed E-state index contributed by atoms with van der Waals surface area (Å²) in [5.41, 5.74) is 0.202. The minimum absolute atomic E-state index is 0.241. The second-order valence-corrected chi connectivity index (χ2v) is 9.52. The molecular formula is C20H39NO. The van der Waals surface area contributed by atoms with Crippen molar-refractivity contribution in [1.82, 2.24) is 4.90 Å². The largest absolute Gasteiger partial charge is 0.342 e. The lowest BCUT2D eigenvalue weighted by atomic mass is 9.80. The molecule has 1 unspecified atom stereocenters. The van der Waals surface area contributed by atoms with Crippen LogP contribution in [0.3, 0.4) is 0 Å². The normalized spacial score (nSPS) is 23.0. The van der Waals surface area contributed by atoms with E-state index in [1.54, 1.807) is 0 Å². The molecule has 0 bridgehead atoms. The number of rotatable bonds is 1. The van der Waals surface area contributed by atoms with Crippen LogP contribution in [0, 0.1) is 16.7 Å². The van der Waals surface area contributed by atoms with Gasteiger partial charge in [-0.3, -0.25) is 4.79 Å². The number of nitrogens with zero attached hydrogens (tertiary/aromatic N) is 1. The van der Waals surface area contributed by atoms with Gasteiger partial charge in [-0.25, -0.2) is 0 Å². The van der Waals surface area contributed by atoms with Gasteiger partial charge in [0.15, 0.2) is 0 Å². The fourth-order valence-electron chi connectivity index (χ4n) is 3.65. The van der Waals surface area contributed by atoms with Crippen molar-refractivity contribution in [3.63, 3.8) is 0 Å². The van der Waals surface area contributed by atoms with Crippen LogP contribution in [0.5, 0.6) is 0 Å². The lowest BCUT2D eigenvalue weighted by molar-refractivity contribution is -0.139. The van der Waals surface area contributed by atoms with Crippen LogP contribution in [0.4, 0.5) is 0 Å². The van der Waals surface area contributed by atoms with E-state index in [1.807, 2.05) is 20.8 Å². The predicted octanol–water partition coefficient (Wildman–Crippen LogP) is 5.66. The number of hydrogen-bond donors (Lipinski definition) is 0. The van der Waals surface area contributed by atoms with E-state index >= 15 is 0 Å². The van der Waals surface area contributed by atoms with Gasteiger partial charge in [0, 0.05) is 18.5 Å². The Morgan fingerprint density at radius 1 is 0.864 bits per heavy atom. The Labute approximate surface area is 139 Å². The molecule has 1 aliphatic rings. The molecule has 0 aliphatic carbocycles. The first kappa shape index (κ1) is 19.5. The van der Waals surface area contributed by atoms with Crippen molar-refractivity contribution in [1.29, 1.82) is 0 Å². The van der Waals surface area contributed by atoms with Gasteiger partial charge in [0.1, 0.15) is 0 Å². The first-order chi connectivity index (χ1) is 10.1. The summed E-state index contributed by atoms with van der Waals surface area (Å²) >= 11 is 0. The van der Waals surface area contributed by atoms with Crippen molar-refractivity contribution < 1.29 is 4.79 Å². The average molecular weight is 310 g/mol. The quantitative estimate of drug-likeness (QED) is 0.612. The maximum Gasteiger partial charge on any atom is 0.227 e. The van der Waals surface area contributed by atoms with Crippen LogP contribution < -0.4 is 0 Å². The molecule has 0 saturated carbocycles. The topological polar surface area (TPSA) is 20.3 Å². The third kappa shape index (κ3) is 7.65.